The fourth-order valence-electron chi connectivity index (χ4n) is 0.373. The largest absolute Gasteiger partial charge is 0.411 e. The van der Waals surface area contributed by atoms with Crippen molar-refractivity contribution >= 4 is 0 Å². The Hall–Kier alpha value is -1.17. The first kappa shape index (κ1) is 10.8. The molecule has 70 valence electrons. The third-order valence-corrected chi connectivity index (χ3v) is 0.965. The molecule has 0 aliphatic heterocycles. The normalized spacial score (nSPS) is 13.9. The molecular formula is C6H9F3N2O. The van der Waals surface area contributed by atoms with Crippen molar-refractivity contribution in [3.8, 4) is 0 Å². The van der Waals surface area contributed by atoms with Gasteiger partial charge in [-0.3, -0.25) is 5.21 Å². The van der Waals surface area contributed by atoms with Gasteiger partial charge in [0.25, 0.3) is 0 Å². The van der Waals surface area contributed by atoms with Crippen molar-refractivity contribution in [2.24, 2.45) is 5.73 Å². The van der Waals surface area contributed by atoms with Crippen LogP contribution in [0, 0.1) is 0 Å². The number of rotatable bonds is 2. The molecule has 0 aliphatic rings. The third kappa shape index (κ3) is 4.62. The molecule has 0 amide bonds. The number of hydrogen-bond acceptors (Lipinski definition) is 3. The summed E-state index contributed by atoms with van der Waals surface area (Å²) in [6, 6.07) is 0. The molecule has 0 aliphatic carbocycles. The van der Waals surface area contributed by atoms with Gasteiger partial charge in [-0.1, -0.05) is 0 Å². The predicted octanol–water partition coefficient (Wildman–Crippen LogP) is 1.57. The molecule has 0 aromatic carbocycles. The Labute approximate surface area is 67.5 Å². The van der Waals surface area contributed by atoms with Crippen LogP contribution in [0.2, 0.25) is 0 Å². The van der Waals surface area contributed by atoms with Gasteiger partial charge in [0.15, 0.2) is 0 Å². The number of hydroxylamine groups is 2. The maximum absolute atomic E-state index is 11.5. The summed E-state index contributed by atoms with van der Waals surface area (Å²) in [6.07, 6.45) is -2.88. The van der Waals surface area contributed by atoms with Crippen LogP contribution in [0.25, 0.3) is 0 Å². The maximum Gasteiger partial charge on any atom is 0.411 e. The Kier molecular flexibility index (Phi) is 3.62. The van der Waals surface area contributed by atoms with E-state index in [4.69, 9.17) is 10.9 Å². The maximum atomic E-state index is 11.5. The molecule has 0 unspecified atom stereocenters. The lowest BCUT2D eigenvalue weighted by atomic mass is 10.5. The zero-order valence-electron chi connectivity index (χ0n) is 6.34. The summed E-state index contributed by atoms with van der Waals surface area (Å²) in [4.78, 5) is 0. The fourth-order valence-corrected chi connectivity index (χ4v) is 0.373. The first-order chi connectivity index (χ1) is 5.37. The molecule has 12 heavy (non-hydrogen) atoms. The summed E-state index contributed by atoms with van der Waals surface area (Å²) in [5.41, 5.74) is 5.06. The van der Waals surface area contributed by atoms with Crippen molar-refractivity contribution in [3.05, 3.63) is 24.2 Å². The lowest BCUT2D eigenvalue weighted by Crippen LogP contribution is -2.19. The van der Waals surface area contributed by atoms with Gasteiger partial charge in [0.1, 0.15) is 5.82 Å². The van der Waals surface area contributed by atoms with E-state index in [1.807, 2.05) is 0 Å². The number of nitrogens with zero attached hydrogens (tertiary/aromatic N) is 1. The summed E-state index contributed by atoms with van der Waals surface area (Å²) in [5.74, 6) is -0.171. The number of nitrogens with two attached hydrogens (primary N) is 1. The van der Waals surface area contributed by atoms with Crippen LogP contribution in [-0.2, 0) is 0 Å². The van der Waals surface area contributed by atoms with E-state index in [1.165, 1.54) is 13.0 Å². The second-order valence-electron chi connectivity index (χ2n) is 1.92. The molecule has 0 rings (SSSR count). The van der Waals surface area contributed by atoms with E-state index in [0.717, 1.165) is 0 Å². The Morgan fingerprint density at radius 1 is 1.50 bits per heavy atom. The van der Waals surface area contributed by atoms with Gasteiger partial charge in [0.2, 0.25) is 0 Å². The SMILES string of the molecule is C/C=C(/N)N(O)/C=C/C(F)(F)F. The highest BCUT2D eigenvalue weighted by Crippen LogP contribution is 2.16. The van der Waals surface area contributed by atoms with Gasteiger partial charge in [-0.25, -0.2) is 5.06 Å². The highest BCUT2D eigenvalue weighted by atomic mass is 19.4. The zero-order valence-corrected chi connectivity index (χ0v) is 6.34. The summed E-state index contributed by atoms with van der Waals surface area (Å²) in [6.45, 7) is 1.49. The first-order valence-corrected chi connectivity index (χ1v) is 3.03. The van der Waals surface area contributed by atoms with Gasteiger partial charge < -0.3 is 5.73 Å². The van der Waals surface area contributed by atoms with Gasteiger partial charge >= 0.3 is 6.18 Å². The van der Waals surface area contributed by atoms with Crippen molar-refractivity contribution in [1.29, 1.82) is 0 Å². The number of allylic oxidation sites excluding steroid dienone is 2. The van der Waals surface area contributed by atoms with Gasteiger partial charge in [0.05, 0.1) is 0 Å². The van der Waals surface area contributed by atoms with E-state index in [-0.39, 0.29) is 17.0 Å². The Bertz CT molecular complexity index is 197. The van der Waals surface area contributed by atoms with Gasteiger partial charge in [-0.05, 0) is 13.0 Å². The molecule has 0 heterocycles. The summed E-state index contributed by atoms with van der Waals surface area (Å²) in [5, 5.41) is 8.92. The zero-order chi connectivity index (χ0) is 9.78. The minimum Gasteiger partial charge on any atom is -0.384 e. The standard InChI is InChI=1S/C6H9F3N2O/c1-2-5(10)11(12)4-3-6(7,8)9/h2-4,12H,10H2,1H3/b4-3+,5-2-. The molecule has 0 saturated carbocycles. The lowest BCUT2D eigenvalue weighted by Gasteiger charge is -2.10. The van der Waals surface area contributed by atoms with E-state index in [1.54, 1.807) is 0 Å². The van der Waals surface area contributed by atoms with Crippen LogP contribution in [0.1, 0.15) is 6.92 Å². The molecule has 0 radical (unpaired) electrons. The molecule has 0 bridgehead atoms. The first-order valence-electron chi connectivity index (χ1n) is 3.03. The smallest absolute Gasteiger partial charge is 0.384 e. The Morgan fingerprint density at radius 2 is 2.00 bits per heavy atom. The average Bonchev–Trinajstić information content (AvgIpc) is 1.97. The fraction of sp³-hybridized carbons (Fsp3) is 0.333. The molecule has 3 nitrogen and oxygen atoms in total. The highest BCUT2D eigenvalue weighted by Gasteiger charge is 2.22. The Balaban J connectivity index is 4.18. The molecule has 0 spiro atoms. The Morgan fingerprint density at radius 3 is 2.33 bits per heavy atom. The van der Waals surface area contributed by atoms with E-state index in [0.29, 0.717) is 6.20 Å². The minimum absolute atomic E-state index is 0.122. The molecule has 0 aromatic rings. The van der Waals surface area contributed by atoms with Crippen LogP contribution >= 0.6 is 0 Å². The minimum atomic E-state index is -4.45. The van der Waals surface area contributed by atoms with Crippen molar-refractivity contribution in [2.75, 3.05) is 0 Å². The van der Waals surface area contributed by atoms with E-state index >= 15 is 0 Å². The van der Waals surface area contributed by atoms with Crippen molar-refractivity contribution in [1.82, 2.24) is 5.06 Å². The molecular weight excluding hydrogens is 173 g/mol. The van der Waals surface area contributed by atoms with Crippen LogP contribution in [0.4, 0.5) is 13.2 Å². The van der Waals surface area contributed by atoms with Crippen molar-refractivity contribution < 1.29 is 18.4 Å². The predicted molar refractivity (Wildman–Crippen MR) is 36.8 cm³/mol. The summed E-state index contributed by atoms with van der Waals surface area (Å²) < 4.78 is 34.5. The van der Waals surface area contributed by atoms with Crippen LogP contribution < -0.4 is 5.73 Å². The van der Waals surface area contributed by atoms with Gasteiger partial charge in [-0.2, -0.15) is 13.2 Å². The molecule has 0 saturated heterocycles. The van der Waals surface area contributed by atoms with E-state index < -0.39 is 6.18 Å². The van der Waals surface area contributed by atoms with E-state index in [9.17, 15) is 13.2 Å². The number of hydrogen-bond donors (Lipinski definition) is 2. The van der Waals surface area contributed by atoms with E-state index in [2.05, 4.69) is 0 Å². The van der Waals surface area contributed by atoms with Crippen LogP contribution in [0.3, 0.4) is 0 Å². The second-order valence-corrected chi connectivity index (χ2v) is 1.92. The number of alkyl halides is 3. The van der Waals surface area contributed by atoms with Gasteiger partial charge in [-0.15, -0.1) is 0 Å². The monoisotopic (exact) mass is 182 g/mol. The average molecular weight is 182 g/mol. The van der Waals surface area contributed by atoms with Crippen LogP contribution in [0.5, 0.6) is 0 Å². The molecule has 0 fully saturated rings. The molecule has 0 atom stereocenters. The third-order valence-electron chi connectivity index (χ3n) is 0.965. The number of halogens is 3. The van der Waals surface area contributed by atoms with Crippen molar-refractivity contribution in [2.45, 2.75) is 13.1 Å². The topological polar surface area (TPSA) is 49.5 Å². The summed E-state index contributed by atoms with van der Waals surface area (Å²) in [7, 11) is 0. The lowest BCUT2D eigenvalue weighted by molar-refractivity contribution is -0.0845. The quantitative estimate of drug-likeness (QED) is 0.637. The van der Waals surface area contributed by atoms with Gasteiger partial charge in [0, 0.05) is 12.3 Å². The van der Waals surface area contributed by atoms with Crippen LogP contribution in [-0.4, -0.2) is 16.4 Å². The second kappa shape index (κ2) is 4.01. The van der Waals surface area contributed by atoms with Crippen LogP contribution in [0.15, 0.2) is 24.2 Å². The molecule has 6 heteroatoms. The highest BCUT2D eigenvalue weighted by molar-refractivity contribution is 4.97. The molecule has 3 N–H and O–H groups in total. The van der Waals surface area contributed by atoms with Crippen molar-refractivity contribution in [3.63, 3.8) is 0 Å². The molecule has 0 aromatic heterocycles. The summed E-state index contributed by atoms with van der Waals surface area (Å²) >= 11 is 0.